The quantitative estimate of drug-likeness (QED) is 0.632. The van der Waals surface area contributed by atoms with Crippen LogP contribution in [0.5, 0.6) is 0 Å². The molecule has 2 unspecified atom stereocenters. The van der Waals surface area contributed by atoms with Gasteiger partial charge in [0.25, 0.3) is 0 Å². The van der Waals surface area contributed by atoms with Crippen LogP contribution >= 0.6 is 0 Å². The van der Waals surface area contributed by atoms with E-state index in [1.807, 2.05) is 0 Å². The SMILES string of the molecule is CC(C)C1CCCCCC1CN. The molecule has 0 heterocycles. The van der Waals surface area contributed by atoms with Gasteiger partial charge in [-0.2, -0.15) is 0 Å². The third kappa shape index (κ3) is 2.48. The minimum atomic E-state index is 0.812. The van der Waals surface area contributed by atoms with Crippen molar-refractivity contribution >= 4 is 0 Å². The van der Waals surface area contributed by atoms with Gasteiger partial charge in [0, 0.05) is 0 Å². The molecule has 0 bridgehead atoms. The first-order valence-corrected chi connectivity index (χ1v) is 5.45. The standard InChI is InChI=1S/C11H23N/c1-9(2)11-7-5-3-4-6-10(11)8-12/h9-11H,3-8,12H2,1-2H3. The fourth-order valence-electron chi connectivity index (χ4n) is 2.58. The number of hydrogen-bond donors (Lipinski definition) is 1. The molecular formula is C11H23N. The van der Waals surface area contributed by atoms with Crippen molar-refractivity contribution < 1.29 is 0 Å². The van der Waals surface area contributed by atoms with Crippen molar-refractivity contribution in [3.63, 3.8) is 0 Å². The van der Waals surface area contributed by atoms with E-state index >= 15 is 0 Å². The lowest BCUT2D eigenvalue weighted by Gasteiger charge is -2.27. The highest BCUT2D eigenvalue weighted by Gasteiger charge is 2.24. The van der Waals surface area contributed by atoms with Gasteiger partial charge in [-0.1, -0.05) is 33.1 Å². The van der Waals surface area contributed by atoms with E-state index in [0.29, 0.717) is 0 Å². The molecular weight excluding hydrogens is 146 g/mol. The fourth-order valence-corrected chi connectivity index (χ4v) is 2.58. The average Bonchev–Trinajstić information content (AvgIpc) is 2.27. The molecule has 12 heavy (non-hydrogen) atoms. The molecule has 2 atom stereocenters. The lowest BCUT2D eigenvalue weighted by molar-refractivity contribution is 0.244. The molecule has 0 aliphatic heterocycles. The maximum absolute atomic E-state index is 5.80. The first-order valence-electron chi connectivity index (χ1n) is 5.45. The second-order valence-corrected chi connectivity index (χ2v) is 4.54. The molecule has 1 nitrogen and oxygen atoms in total. The summed E-state index contributed by atoms with van der Waals surface area (Å²) in [5, 5.41) is 0. The van der Waals surface area contributed by atoms with Gasteiger partial charge in [0.1, 0.15) is 0 Å². The van der Waals surface area contributed by atoms with E-state index < -0.39 is 0 Å². The van der Waals surface area contributed by atoms with E-state index in [0.717, 1.165) is 24.3 Å². The molecule has 0 aromatic carbocycles. The summed E-state index contributed by atoms with van der Waals surface area (Å²) in [5.41, 5.74) is 5.80. The Hall–Kier alpha value is -0.0400. The smallest absolute Gasteiger partial charge is 0.00461 e. The molecule has 1 heteroatoms. The second kappa shape index (κ2) is 4.86. The Morgan fingerprint density at radius 1 is 1.17 bits per heavy atom. The van der Waals surface area contributed by atoms with Crippen LogP contribution in [0.4, 0.5) is 0 Å². The Bertz CT molecular complexity index is 120. The van der Waals surface area contributed by atoms with Crippen LogP contribution in [0.25, 0.3) is 0 Å². The van der Waals surface area contributed by atoms with Gasteiger partial charge in [0.2, 0.25) is 0 Å². The van der Waals surface area contributed by atoms with Gasteiger partial charge in [0.05, 0.1) is 0 Å². The molecule has 0 amide bonds. The zero-order chi connectivity index (χ0) is 8.97. The minimum absolute atomic E-state index is 0.812. The van der Waals surface area contributed by atoms with Gasteiger partial charge in [-0.15, -0.1) is 0 Å². The zero-order valence-corrected chi connectivity index (χ0v) is 8.55. The minimum Gasteiger partial charge on any atom is -0.330 e. The molecule has 0 spiro atoms. The molecule has 72 valence electrons. The lowest BCUT2D eigenvalue weighted by atomic mass is 9.80. The predicted molar refractivity (Wildman–Crippen MR) is 54.0 cm³/mol. The van der Waals surface area contributed by atoms with Crippen LogP contribution in [0.1, 0.15) is 46.0 Å². The highest BCUT2D eigenvalue weighted by Crippen LogP contribution is 2.32. The van der Waals surface area contributed by atoms with Crippen molar-refractivity contribution in [3.05, 3.63) is 0 Å². The summed E-state index contributed by atoms with van der Waals surface area (Å²) < 4.78 is 0. The largest absolute Gasteiger partial charge is 0.330 e. The van der Waals surface area contributed by atoms with Gasteiger partial charge in [-0.25, -0.2) is 0 Å². The van der Waals surface area contributed by atoms with E-state index in [9.17, 15) is 0 Å². The number of rotatable bonds is 2. The number of nitrogens with two attached hydrogens (primary N) is 1. The molecule has 1 fully saturated rings. The van der Waals surface area contributed by atoms with Crippen LogP contribution in [0, 0.1) is 17.8 Å². The van der Waals surface area contributed by atoms with Crippen LogP contribution in [0.2, 0.25) is 0 Å². The van der Waals surface area contributed by atoms with Crippen LogP contribution in [0.15, 0.2) is 0 Å². The summed E-state index contributed by atoms with van der Waals surface area (Å²) in [6, 6.07) is 0. The van der Waals surface area contributed by atoms with E-state index in [1.165, 1.54) is 32.1 Å². The van der Waals surface area contributed by atoms with Crippen molar-refractivity contribution in [2.24, 2.45) is 23.5 Å². The van der Waals surface area contributed by atoms with E-state index in [2.05, 4.69) is 13.8 Å². The maximum atomic E-state index is 5.80. The Labute approximate surface area is 76.7 Å². The molecule has 0 radical (unpaired) electrons. The summed E-state index contributed by atoms with van der Waals surface area (Å²) in [6.45, 7) is 5.60. The summed E-state index contributed by atoms with van der Waals surface area (Å²) in [7, 11) is 0. The third-order valence-corrected chi connectivity index (χ3v) is 3.38. The zero-order valence-electron chi connectivity index (χ0n) is 8.55. The Kier molecular flexibility index (Phi) is 4.07. The molecule has 0 aromatic rings. The number of hydrogen-bond acceptors (Lipinski definition) is 1. The van der Waals surface area contributed by atoms with Crippen LogP contribution in [-0.4, -0.2) is 6.54 Å². The first-order chi connectivity index (χ1) is 5.75. The van der Waals surface area contributed by atoms with Crippen molar-refractivity contribution in [3.8, 4) is 0 Å². The van der Waals surface area contributed by atoms with Crippen molar-refractivity contribution in [2.45, 2.75) is 46.0 Å². The molecule has 1 aliphatic rings. The summed E-state index contributed by atoms with van der Waals surface area (Å²) in [5.74, 6) is 2.54. The van der Waals surface area contributed by atoms with E-state index in [1.54, 1.807) is 0 Å². The Morgan fingerprint density at radius 2 is 1.83 bits per heavy atom. The van der Waals surface area contributed by atoms with Crippen LogP contribution in [-0.2, 0) is 0 Å². The predicted octanol–water partition coefficient (Wildman–Crippen LogP) is 2.80. The van der Waals surface area contributed by atoms with Crippen LogP contribution < -0.4 is 5.73 Å². The highest BCUT2D eigenvalue weighted by molar-refractivity contribution is 4.76. The lowest BCUT2D eigenvalue weighted by Crippen LogP contribution is -2.26. The normalized spacial score (nSPS) is 32.0. The molecule has 0 aromatic heterocycles. The van der Waals surface area contributed by atoms with Gasteiger partial charge >= 0.3 is 0 Å². The summed E-state index contributed by atoms with van der Waals surface area (Å²) >= 11 is 0. The molecule has 0 saturated heterocycles. The van der Waals surface area contributed by atoms with Crippen LogP contribution in [0.3, 0.4) is 0 Å². The molecule has 1 rings (SSSR count). The Morgan fingerprint density at radius 3 is 2.42 bits per heavy atom. The molecule has 1 aliphatic carbocycles. The van der Waals surface area contributed by atoms with Crippen molar-refractivity contribution in [2.75, 3.05) is 6.54 Å². The van der Waals surface area contributed by atoms with E-state index in [-0.39, 0.29) is 0 Å². The van der Waals surface area contributed by atoms with Crippen molar-refractivity contribution in [1.29, 1.82) is 0 Å². The maximum Gasteiger partial charge on any atom is -0.00461 e. The van der Waals surface area contributed by atoms with Gasteiger partial charge in [0.15, 0.2) is 0 Å². The van der Waals surface area contributed by atoms with Gasteiger partial charge in [-0.3, -0.25) is 0 Å². The summed E-state index contributed by atoms with van der Waals surface area (Å²) in [4.78, 5) is 0. The molecule has 1 saturated carbocycles. The fraction of sp³-hybridized carbons (Fsp3) is 1.00. The average molecular weight is 169 g/mol. The Balaban J connectivity index is 2.51. The van der Waals surface area contributed by atoms with E-state index in [4.69, 9.17) is 5.73 Å². The molecule has 2 N–H and O–H groups in total. The monoisotopic (exact) mass is 169 g/mol. The third-order valence-electron chi connectivity index (χ3n) is 3.38. The van der Waals surface area contributed by atoms with Gasteiger partial charge in [-0.05, 0) is 37.1 Å². The first kappa shape index (κ1) is 10.0. The van der Waals surface area contributed by atoms with Crippen molar-refractivity contribution in [1.82, 2.24) is 0 Å². The highest BCUT2D eigenvalue weighted by atomic mass is 14.6. The second-order valence-electron chi connectivity index (χ2n) is 4.54. The topological polar surface area (TPSA) is 26.0 Å². The van der Waals surface area contributed by atoms with Gasteiger partial charge < -0.3 is 5.73 Å². The summed E-state index contributed by atoms with van der Waals surface area (Å²) in [6.07, 6.45) is 7.06.